The van der Waals surface area contributed by atoms with Crippen molar-refractivity contribution in [1.29, 1.82) is 0 Å². The van der Waals surface area contributed by atoms with E-state index >= 15 is 0 Å². The maximum absolute atomic E-state index is 13.7. The molecular weight excluding hydrogens is 414 g/mol. The van der Waals surface area contributed by atoms with Gasteiger partial charge in [0.25, 0.3) is 5.91 Å². The fourth-order valence-corrected chi connectivity index (χ4v) is 3.81. The highest BCUT2D eigenvalue weighted by atomic mass is 35.5. The molecule has 0 aliphatic carbocycles. The molecule has 0 radical (unpaired) electrons. The lowest BCUT2D eigenvalue weighted by Crippen LogP contribution is -2.24. The molecule has 0 saturated carbocycles. The van der Waals surface area contributed by atoms with Crippen molar-refractivity contribution in [3.05, 3.63) is 82.8 Å². The van der Waals surface area contributed by atoms with Crippen LogP contribution in [0.25, 0.3) is 0 Å². The van der Waals surface area contributed by atoms with Gasteiger partial charge in [0.1, 0.15) is 22.3 Å². The number of benzene rings is 2. The number of nitrogens with one attached hydrogen (secondary N) is 2. The number of rotatable bonds is 6. The van der Waals surface area contributed by atoms with Gasteiger partial charge in [0.2, 0.25) is 10.0 Å². The molecule has 6 nitrogen and oxygen atoms in total. The van der Waals surface area contributed by atoms with Crippen LogP contribution in [0.2, 0.25) is 5.02 Å². The van der Waals surface area contributed by atoms with Gasteiger partial charge in [-0.1, -0.05) is 11.6 Å². The van der Waals surface area contributed by atoms with Gasteiger partial charge in [-0.25, -0.2) is 21.9 Å². The van der Waals surface area contributed by atoms with Crippen molar-refractivity contribution in [3.8, 4) is 0 Å². The Labute approximate surface area is 164 Å². The molecule has 3 rings (SSSR count). The predicted molar refractivity (Wildman–Crippen MR) is 98.5 cm³/mol. The van der Waals surface area contributed by atoms with E-state index in [9.17, 15) is 22.0 Å². The van der Waals surface area contributed by atoms with Crippen molar-refractivity contribution < 1.29 is 26.4 Å². The van der Waals surface area contributed by atoms with Crippen LogP contribution < -0.4 is 10.0 Å². The zero-order valence-electron chi connectivity index (χ0n) is 14.1. The summed E-state index contributed by atoms with van der Waals surface area (Å²) in [4.78, 5) is 12.0. The summed E-state index contributed by atoms with van der Waals surface area (Å²) in [5.41, 5.74) is -0.326. The monoisotopic (exact) mass is 426 g/mol. The smallest absolute Gasteiger partial charge is 0.255 e. The first-order valence-corrected chi connectivity index (χ1v) is 9.70. The molecule has 0 saturated heterocycles. The highest BCUT2D eigenvalue weighted by Gasteiger charge is 2.21. The normalized spacial score (nSPS) is 11.4. The molecule has 0 unspecified atom stereocenters. The third-order valence-electron chi connectivity index (χ3n) is 3.68. The maximum atomic E-state index is 13.7. The van der Waals surface area contributed by atoms with Crippen LogP contribution in [0.5, 0.6) is 0 Å². The lowest BCUT2D eigenvalue weighted by molar-refractivity contribution is 0.102. The van der Waals surface area contributed by atoms with Crippen molar-refractivity contribution in [2.24, 2.45) is 0 Å². The lowest BCUT2D eigenvalue weighted by Gasteiger charge is -2.10. The molecule has 3 aromatic rings. The molecule has 0 bridgehead atoms. The molecule has 146 valence electrons. The summed E-state index contributed by atoms with van der Waals surface area (Å²) >= 11 is 5.97. The van der Waals surface area contributed by atoms with Crippen LogP contribution >= 0.6 is 11.6 Å². The van der Waals surface area contributed by atoms with Crippen LogP contribution in [0.3, 0.4) is 0 Å². The fraction of sp³-hybridized carbons (Fsp3) is 0.0556. The van der Waals surface area contributed by atoms with Gasteiger partial charge in [-0.15, -0.1) is 0 Å². The Bertz CT molecular complexity index is 1120. The van der Waals surface area contributed by atoms with Gasteiger partial charge >= 0.3 is 0 Å². The molecule has 0 spiro atoms. The molecule has 10 heteroatoms. The molecule has 0 aliphatic heterocycles. The Balaban J connectivity index is 1.82. The van der Waals surface area contributed by atoms with E-state index in [1.807, 2.05) is 0 Å². The average molecular weight is 427 g/mol. The summed E-state index contributed by atoms with van der Waals surface area (Å²) in [7, 11) is -4.06. The number of carbonyl (C=O) groups is 1. The first-order valence-electron chi connectivity index (χ1n) is 7.84. The number of halogens is 3. The molecule has 28 heavy (non-hydrogen) atoms. The number of hydrogen-bond acceptors (Lipinski definition) is 4. The highest BCUT2D eigenvalue weighted by Crippen LogP contribution is 2.24. The maximum Gasteiger partial charge on any atom is 0.255 e. The summed E-state index contributed by atoms with van der Waals surface area (Å²) in [5.74, 6) is -2.15. The molecule has 2 aromatic carbocycles. The lowest BCUT2D eigenvalue weighted by atomic mass is 10.2. The Morgan fingerprint density at radius 1 is 1.11 bits per heavy atom. The van der Waals surface area contributed by atoms with Gasteiger partial charge in [0.15, 0.2) is 0 Å². The van der Waals surface area contributed by atoms with Crippen molar-refractivity contribution >= 4 is 33.2 Å². The first kappa shape index (κ1) is 20.0. The molecule has 1 aromatic heterocycles. The van der Waals surface area contributed by atoms with E-state index in [1.165, 1.54) is 18.4 Å². The summed E-state index contributed by atoms with van der Waals surface area (Å²) in [6.07, 6.45) is 1.40. The van der Waals surface area contributed by atoms with E-state index in [4.69, 9.17) is 16.0 Å². The molecule has 0 atom stereocenters. The minimum atomic E-state index is -4.06. The van der Waals surface area contributed by atoms with Crippen LogP contribution in [0.1, 0.15) is 16.1 Å². The molecule has 0 fully saturated rings. The van der Waals surface area contributed by atoms with E-state index in [0.29, 0.717) is 11.8 Å². The van der Waals surface area contributed by atoms with Gasteiger partial charge in [-0.2, -0.15) is 0 Å². The van der Waals surface area contributed by atoms with Crippen LogP contribution in [-0.4, -0.2) is 14.3 Å². The standard InChI is InChI=1S/C18H13ClF2N2O4S/c19-14-5-3-11(18(24)23-16-6-4-12(20)9-15(16)21)8-17(14)28(25,26)22-10-13-2-1-7-27-13/h1-9,22H,10H2,(H,23,24). The van der Waals surface area contributed by atoms with Crippen LogP contribution in [-0.2, 0) is 16.6 Å². The number of furan rings is 1. The van der Waals surface area contributed by atoms with E-state index in [1.54, 1.807) is 12.1 Å². The number of sulfonamides is 1. The predicted octanol–water partition coefficient (Wildman–Crippen LogP) is 3.94. The molecular formula is C18H13ClF2N2O4S. The van der Waals surface area contributed by atoms with E-state index in [0.717, 1.165) is 18.2 Å². The van der Waals surface area contributed by atoms with Crippen molar-refractivity contribution in [2.75, 3.05) is 5.32 Å². The Morgan fingerprint density at radius 2 is 1.89 bits per heavy atom. The third-order valence-corrected chi connectivity index (χ3v) is 5.56. The van der Waals surface area contributed by atoms with Gasteiger partial charge in [-0.3, -0.25) is 4.79 Å². The Hall–Kier alpha value is -2.75. The van der Waals surface area contributed by atoms with Gasteiger partial charge in [0.05, 0.1) is 23.5 Å². The second kappa shape index (κ2) is 8.09. The summed E-state index contributed by atoms with van der Waals surface area (Å²) in [6.45, 7) is -0.108. The second-order valence-corrected chi connectivity index (χ2v) is 7.77. The molecule has 2 N–H and O–H groups in total. The van der Waals surface area contributed by atoms with E-state index < -0.39 is 27.6 Å². The molecule has 1 heterocycles. The quantitative estimate of drug-likeness (QED) is 0.624. The highest BCUT2D eigenvalue weighted by molar-refractivity contribution is 7.89. The topological polar surface area (TPSA) is 88.4 Å². The van der Waals surface area contributed by atoms with E-state index in [-0.39, 0.29) is 27.7 Å². The van der Waals surface area contributed by atoms with Crippen LogP contribution in [0.15, 0.2) is 64.1 Å². The van der Waals surface area contributed by atoms with Crippen LogP contribution in [0, 0.1) is 11.6 Å². The van der Waals surface area contributed by atoms with E-state index in [2.05, 4.69) is 10.0 Å². The van der Waals surface area contributed by atoms with Gasteiger partial charge < -0.3 is 9.73 Å². The number of amides is 1. The average Bonchev–Trinajstić information content (AvgIpc) is 3.16. The summed E-state index contributed by atoms with van der Waals surface area (Å²) in [5, 5.41) is 2.15. The minimum Gasteiger partial charge on any atom is -0.468 e. The largest absolute Gasteiger partial charge is 0.468 e. The SMILES string of the molecule is O=C(Nc1ccc(F)cc1F)c1ccc(Cl)c(S(=O)(=O)NCc2ccco2)c1. The van der Waals surface area contributed by atoms with Gasteiger partial charge in [-0.05, 0) is 42.5 Å². The minimum absolute atomic E-state index is 0.0773. The first-order chi connectivity index (χ1) is 13.3. The van der Waals surface area contributed by atoms with Crippen molar-refractivity contribution in [2.45, 2.75) is 11.4 Å². The Morgan fingerprint density at radius 3 is 2.57 bits per heavy atom. The zero-order chi connectivity index (χ0) is 20.3. The summed E-state index contributed by atoms with van der Waals surface area (Å²) < 4.78 is 59.0. The fourth-order valence-electron chi connectivity index (χ4n) is 2.29. The number of hydrogen-bond donors (Lipinski definition) is 2. The summed E-state index contributed by atoms with van der Waals surface area (Å²) in [6, 6.07) is 9.43. The van der Waals surface area contributed by atoms with Crippen LogP contribution in [0.4, 0.5) is 14.5 Å². The molecule has 0 aliphatic rings. The number of carbonyl (C=O) groups excluding carboxylic acids is 1. The van der Waals surface area contributed by atoms with Gasteiger partial charge in [0, 0.05) is 11.6 Å². The van der Waals surface area contributed by atoms with Crippen molar-refractivity contribution in [3.63, 3.8) is 0 Å². The second-order valence-electron chi connectivity index (χ2n) is 5.63. The Kier molecular flexibility index (Phi) is 5.78. The third kappa shape index (κ3) is 4.56. The number of anilines is 1. The zero-order valence-corrected chi connectivity index (χ0v) is 15.7. The van der Waals surface area contributed by atoms with Crippen molar-refractivity contribution in [1.82, 2.24) is 4.72 Å². The molecule has 1 amide bonds.